The van der Waals surface area contributed by atoms with Gasteiger partial charge in [0.2, 0.25) is 0 Å². The van der Waals surface area contributed by atoms with Gasteiger partial charge < -0.3 is 0 Å². The molecule has 1 saturated carbocycles. The van der Waals surface area contributed by atoms with Gasteiger partial charge >= 0.3 is 71.4 Å². The Hall–Kier alpha value is 0.430. The van der Waals surface area contributed by atoms with Crippen molar-refractivity contribution in [2.45, 2.75) is 26.2 Å². The quantitative estimate of drug-likeness (QED) is 0.564. The van der Waals surface area contributed by atoms with Crippen molar-refractivity contribution in [3.05, 3.63) is 0 Å². The van der Waals surface area contributed by atoms with Gasteiger partial charge in [-0.05, 0) is 0 Å². The van der Waals surface area contributed by atoms with E-state index in [1.165, 1.54) is 19.3 Å². The van der Waals surface area contributed by atoms with Crippen molar-refractivity contribution in [2.75, 3.05) is 26.2 Å². The summed E-state index contributed by atoms with van der Waals surface area (Å²) in [5.74, 6) is 2.12. The molecule has 0 aromatic heterocycles. The van der Waals surface area contributed by atoms with Crippen molar-refractivity contribution in [3.63, 3.8) is 0 Å². The van der Waals surface area contributed by atoms with E-state index in [2.05, 4.69) is 26.9 Å². The number of hydrogen-bond donors (Lipinski definition) is 0. The fourth-order valence-corrected chi connectivity index (χ4v) is 4.48. The topological polar surface area (TPSA) is 0 Å². The van der Waals surface area contributed by atoms with E-state index < -0.39 is 7.26 Å². The fraction of sp³-hybridized carbons (Fsp3) is 1.00. The van der Waals surface area contributed by atoms with Gasteiger partial charge in [-0.2, -0.15) is 0 Å². The van der Waals surface area contributed by atoms with E-state index in [0.717, 1.165) is 11.8 Å². The van der Waals surface area contributed by atoms with Crippen LogP contribution < -0.4 is 0 Å². The zero-order valence-corrected chi connectivity index (χ0v) is 9.48. The Balaban J connectivity index is 2.29. The summed E-state index contributed by atoms with van der Waals surface area (Å²) < 4.78 is 0. The Morgan fingerprint density at radius 2 is 1.82 bits per heavy atom. The van der Waals surface area contributed by atoms with E-state index in [-0.39, 0.29) is 0 Å². The molecule has 0 spiro atoms. The predicted octanol–water partition coefficient (Wildman–Crippen LogP) is 3.06. The first-order valence-corrected chi connectivity index (χ1v) is 8.68. The van der Waals surface area contributed by atoms with Gasteiger partial charge in [0, 0.05) is 0 Å². The van der Waals surface area contributed by atoms with Crippen LogP contribution >= 0.6 is 7.26 Å². The molecule has 1 aliphatic rings. The minimum absolute atomic E-state index is 0.752. The van der Waals surface area contributed by atoms with Crippen LogP contribution in [0.15, 0.2) is 0 Å². The van der Waals surface area contributed by atoms with E-state index >= 15 is 0 Å². The monoisotopic (exact) mass is 174 g/mol. The van der Waals surface area contributed by atoms with E-state index in [0.29, 0.717) is 0 Å². The average molecular weight is 174 g/mol. The van der Waals surface area contributed by atoms with Crippen molar-refractivity contribution in [3.8, 4) is 0 Å². The molecule has 0 aliphatic heterocycles. The van der Waals surface area contributed by atoms with Crippen molar-refractivity contribution in [2.24, 2.45) is 11.8 Å². The maximum atomic E-state index is 2.50. The molecule has 0 aromatic rings. The molecule has 2 atom stereocenters. The second-order valence-electron chi connectivity index (χ2n) is 5.55. The molecule has 1 aliphatic carbocycles. The van der Waals surface area contributed by atoms with E-state index in [1.807, 2.05) is 0 Å². The first kappa shape index (κ1) is 9.52. The normalized spacial score (nSPS) is 34.2. The molecule has 11 heavy (non-hydrogen) atoms. The Bertz CT molecular complexity index is 123. The van der Waals surface area contributed by atoms with Crippen LogP contribution in [0.5, 0.6) is 0 Å². The van der Waals surface area contributed by atoms with Crippen LogP contribution in [0.2, 0.25) is 0 Å². The van der Waals surface area contributed by atoms with Crippen LogP contribution in [-0.4, -0.2) is 26.2 Å². The van der Waals surface area contributed by atoms with Gasteiger partial charge in [0.05, 0.1) is 0 Å². The zero-order valence-electron chi connectivity index (χ0n) is 8.48. The third-order valence-electron chi connectivity index (χ3n) is 2.70. The molecular weight excluding hydrogens is 151 g/mol. The third-order valence-corrected chi connectivity index (χ3v) is 4.51. The molecule has 0 radical (unpaired) electrons. The molecule has 0 N–H and O–H groups in total. The summed E-state index contributed by atoms with van der Waals surface area (Å²) >= 11 is 0. The van der Waals surface area contributed by atoms with Crippen LogP contribution in [0, 0.1) is 11.8 Å². The van der Waals surface area contributed by atoms with E-state index in [9.17, 15) is 0 Å². The van der Waals surface area contributed by atoms with Crippen LogP contribution in [0.1, 0.15) is 26.2 Å². The van der Waals surface area contributed by atoms with Crippen LogP contribution in [-0.2, 0) is 0 Å². The van der Waals surface area contributed by atoms with Gasteiger partial charge in [-0.1, -0.05) is 0 Å². The molecule has 0 heterocycles. The van der Waals surface area contributed by atoms with Crippen molar-refractivity contribution in [1.82, 2.24) is 0 Å². The first-order valence-electron chi connectivity index (χ1n) is 4.97. The summed E-state index contributed by atoms with van der Waals surface area (Å²) in [6.07, 6.45) is 6.10. The summed E-state index contributed by atoms with van der Waals surface area (Å²) in [6.45, 7) is 9.90. The standard InChI is InChI=1S/C10H23P/c1-9-5-6-10(7-9)8-11(2,3)4/h9-11H,5-8H2,1-4H3. The third kappa shape index (κ3) is 3.56. The Labute approximate surface area is 72.1 Å². The number of hydrogen-bond acceptors (Lipinski definition) is 0. The molecule has 0 aromatic carbocycles. The second kappa shape index (κ2) is 3.44. The SMILES string of the molecule is CC1CCC(C[PH](C)(C)C)C1. The maximum absolute atomic E-state index is 2.50. The van der Waals surface area contributed by atoms with Gasteiger partial charge in [0.25, 0.3) is 0 Å². The van der Waals surface area contributed by atoms with Crippen LogP contribution in [0.25, 0.3) is 0 Å². The molecule has 0 amide bonds. The molecule has 1 rings (SSSR count). The molecular formula is C10H23P. The summed E-state index contributed by atoms with van der Waals surface area (Å²) in [6, 6.07) is 0. The molecule has 0 nitrogen and oxygen atoms in total. The van der Waals surface area contributed by atoms with Crippen molar-refractivity contribution in [1.29, 1.82) is 0 Å². The summed E-state index contributed by atoms with van der Waals surface area (Å²) in [7, 11) is -0.752. The molecule has 2 unspecified atom stereocenters. The molecule has 1 fully saturated rings. The van der Waals surface area contributed by atoms with Gasteiger partial charge in [0.15, 0.2) is 0 Å². The van der Waals surface area contributed by atoms with Crippen molar-refractivity contribution >= 4 is 7.26 Å². The number of rotatable bonds is 2. The van der Waals surface area contributed by atoms with Crippen LogP contribution in [0.3, 0.4) is 0 Å². The first-order chi connectivity index (χ1) is 4.97. The Kier molecular flexibility index (Phi) is 2.97. The molecule has 1 heteroatoms. The Morgan fingerprint density at radius 1 is 1.18 bits per heavy atom. The summed E-state index contributed by atoms with van der Waals surface area (Å²) in [4.78, 5) is 0. The zero-order chi connectivity index (χ0) is 8.48. The van der Waals surface area contributed by atoms with E-state index in [1.54, 1.807) is 6.16 Å². The predicted molar refractivity (Wildman–Crippen MR) is 57.5 cm³/mol. The minimum atomic E-state index is -0.752. The molecule has 0 bridgehead atoms. The second-order valence-corrected chi connectivity index (χ2v) is 11.1. The molecule has 0 saturated heterocycles. The van der Waals surface area contributed by atoms with Crippen LogP contribution in [0.4, 0.5) is 0 Å². The van der Waals surface area contributed by atoms with Gasteiger partial charge in [-0.25, -0.2) is 0 Å². The average Bonchev–Trinajstić information content (AvgIpc) is 2.10. The summed E-state index contributed by atoms with van der Waals surface area (Å²) in [5, 5.41) is 0. The molecule has 68 valence electrons. The Morgan fingerprint density at radius 3 is 2.18 bits per heavy atom. The fourth-order valence-electron chi connectivity index (χ4n) is 2.38. The van der Waals surface area contributed by atoms with Gasteiger partial charge in [-0.3, -0.25) is 0 Å². The van der Waals surface area contributed by atoms with Crippen molar-refractivity contribution < 1.29 is 0 Å². The van der Waals surface area contributed by atoms with E-state index in [4.69, 9.17) is 0 Å². The summed E-state index contributed by atoms with van der Waals surface area (Å²) in [5.41, 5.74) is 0. The van der Waals surface area contributed by atoms with Gasteiger partial charge in [0.1, 0.15) is 0 Å². The van der Waals surface area contributed by atoms with Gasteiger partial charge in [-0.15, -0.1) is 0 Å².